The number of methoxy groups -OCH3 is 1. The molecule has 0 amide bonds. The molecular formula is C18H27N3O2. The van der Waals surface area contributed by atoms with Crippen molar-refractivity contribution in [2.24, 2.45) is 0 Å². The Morgan fingerprint density at radius 2 is 1.91 bits per heavy atom. The quantitative estimate of drug-likeness (QED) is 0.769. The summed E-state index contributed by atoms with van der Waals surface area (Å²) in [4.78, 5) is 2.07. The van der Waals surface area contributed by atoms with Crippen LogP contribution in [0, 0.1) is 13.8 Å². The molecule has 2 aromatic rings. The number of hydrogen-bond donors (Lipinski definition) is 2. The molecule has 0 aliphatic heterocycles. The van der Waals surface area contributed by atoms with E-state index in [2.05, 4.69) is 15.5 Å². The van der Waals surface area contributed by atoms with E-state index in [-0.39, 0.29) is 0 Å². The zero-order valence-electron chi connectivity index (χ0n) is 14.4. The normalized spacial score (nSPS) is 12.8. The summed E-state index contributed by atoms with van der Waals surface area (Å²) in [6.07, 6.45) is -0.523. The smallest absolute Gasteiger partial charge is 0.0934 e. The Hall–Kier alpha value is -1.82. The summed E-state index contributed by atoms with van der Waals surface area (Å²) in [6, 6.07) is 9.83. The Bertz CT molecular complexity index is 634. The summed E-state index contributed by atoms with van der Waals surface area (Å²) >= 11 is 0. The molecule has 5 heteroatoms. The molecule has 0 spiro atoms. The average Bonchev–Trinajstić information content (AvgIpc) is 2.81. The lowest BCUT2D eigenvalue weighted by Crippen LogP contribution is -2.28. The van der Waals surface area contributed by atoms with Crippen molar-refractivity contribution >= 4 is 5.69 Å². The number of likely N-dealkylation sites (N-methyl/N-ethyl adjacent to an activating group) is 1. The molecule has 3 N–H and O–H groups in total. The third-order valence-electron chi connectivity index (χ3n) is 4.14. The molecule has 1 unspecified atom stereocenters. The third-order valence-corrected chi connectivity index (χ3v) is 4.14. The lowest BCUT2D eigenvalue weighted by Gasteiger charge is -2.20. The summed E-state index contributed by atoms with van der Waals surface area (Å²) in [5, 5.41) is 10.6. The molecule has 2 rings (SSSR count). The van der Waals surface area contributed by atoms with Crippen molar-refractivity contribution in [3.05, 3.63) is 47.3 Å². The minimum Gasteiger partial charge on any atom is -0.399 e. The van der Waals surface area contributed by atoms with Gasteiger partial charge in [-0.05, 0) is 51.2 Å². The van der Waals surface area contributed by atoms with Crippen LogP contribution in [-0.2, 0) is 4.74 Å². The van der Waals surface area contributed by atoms with Gasteiger partial charge in [-0.2, -0.15) is 0 Å². The molecule has 126 valence electrons. The second-order valence-corrected chi connectivity index (χ2v) is 6.02. The van der Waals surface area contributed by atoms with Gasteiger partial charge < -0.3 is 25.0 Å². The van der Waals surface area contributed by atoms with Crippen LogP contribution in [0.4, 0.5) is 5.69 Å². The first-order valence-corrected chi connectivity index (χ1v) is 7.84. The number of ether oxygens (including phenoxy) is 1. The summed E-state index contributed by atoms with van der Waals surface area (Å²) < 4.78 is 7.22. The van der Waals surface area contributed by atoms with Crippen LogP contribution < -0.4 is 5.73 Å². The minimum atomic E-state index is -0.523. The van der Waals surface area contributed by atoms with Crippen LogP contribution in [0.25, 0.3) is 5.69 Å². The van der Waals surface area contributed by atoms with Crippen molar-refractivity contribution in [2.45, 2.75) is 20.0 Å². The fraction of sp³-hybridized carbons (Fsp3) is 0.444. The molecule has 0 saturated carbocycles. The van der Waals surface area contributed by atoms with Crippen molar-refractivity contribution in [3.63, 3.8) is 0 Å². The molecule has 0 aliphatic carbocycles. The first kappa shape index (κ1) is 17.5. The number of hydrogen-bond acceptors (Lipinski definition) is 4. The van der Waals surface area contributed by atoms with Crippen molar-refractivity contribution in [3.8, 4) is 5.69 Å². The van der Waals surface area contributed by atoms with Crippen LogP contribution in [0.5, 0.6) is 0 Å². The van der Waals surface area contributed by atoms with E-state index in [4.69, 9.17) is 10.5 Å². The van der Waals surface area contributed by atoms with Crippen LogP contribution in [0.3, 0.4) is 0 Å². The van der Waals surface area contributed by atoms with Crippen LogP contribution in [0.2, 0.25) is 0 Å². The maximum absolute atomic E-state index is 10.6. The molecule has 1 atom stereocenters. The summed E-state index contributed by atoms with van der Waals surface area (Å²) in [5.41, 5.74) is 10.7. The second kappa shape index (κ2) is 7.64. The number of aryl methyl sites for hydroxylation is 1. The van der Waals surface area contributed by atoms with E-state index in [1.165, 1.54) is 0 Å². The maximum atomic E-state index is 10.6. The SMILES string of the molecule is COCCN(C)CC(O)c1cc(C)n(-c2ccc(N)cc2)c1C. The van der Waals surface area contributed by atoms with Gasteiger partial charge in [-0.25, -0.2) is 0 Å². The predicted molar refractivity (Wildman–Crippen MR) is 94.0 cm³/mol. The lowest BCUT2D eigenvalue weighted by molar-refractivity contribution is 0.103. The van der Waals surface area contributed by atoms with Crippen molar-refractivity contribution in [2.75, 3.05) is 39.6 Å². The zero-order valence-corrected chi connectivity index (χ0v) is 14.4. The molecule has 0 radical (unpaired) electrons. The number of rotatable bonds is 7. The molecule has 0 bridgehead atoms. The van der Waals surface area contributed by atoms with Gasteiger partial charge in [-0.1, -0.05) is 0 Å². The highest BCUT2D eigenvalue weighted by Crippen LogP contribution is 2.26. The van der Waals surface area contributed by atoms with E-state index in [0.29, 0.717) is 13.2 Å². The highest BCUT2D eigenvalue weighted by molar-refractivity contribution is 5.48. The zero-order chi connectivity index (χ0) is 17.0. The van der Waals surface area contributed by atoms with Crippen molar-refractivity contribution in [1.29, 1.82) is 0 Å². The first-order chi connectivity index (χ1) is 10.9. The summed E-state index contributed by atoms with van der Waals surface area (Å²) in [7, 11) is 3.67. The summed E-state index contributed by atoms with van der Waals surface area (Å²) in [5.74, 6) is 0. The van der Waals surface area contributed by atoms with E-state index in [1.807, 2.05) is 45.2 Å². The first-order valence-electron chi connectivity index (χ1n) is 7.84. The van der Waals surface area contributed by atoms with Crippen LogP contribution in [0.15, 0.2) is 30.3 Å². The number of nitrogens with two attached hydrogens (primary N) is 1. The minimum absolute atomic E-state index is 0.523. The van der Waals surface area contributed by atoms with Crippen LogP contribution >= 0.6 is 0 Å². The predicted octanol–water partition coefficient (Wildman–Crippen LogP) is 2.29. The largest absolute Gasteiger partial charge is 0.399 e. The molecule has 0 fully saturated rings. The van der Waals surface area contributed by atoms with Crippen LogP contribution in [-0.4, -0.2) is 48.4 Å². The number of benzene rings is 1. The Labute approximate surface area is 138 Å². The molecule has 0 saturated heterocycles. The molecule has 23 heavy (non-hydrogen) atoms. The van der Waals surface area contributed by atoms with E-state index in [1.54, 1.807) is 7.11 Å². The Morgan fingerprint density at radius 1 is 1.26 bits per heavy atom. The van der Waals surface area contributed by atoms with Gasteiger partial charge in [-0.15, -0.1) is 0 Å². The number of aliphatic hydroxyl groups is 1. The molecule has 5 nitrogen and oxygen atoms in total. The van der Waals surface area contributed by atoms with Crippen molar-refractivity contribution < 1.29 is 9.84 Å². The van der Waals surface area contributed by atoms with Gasteiger partial charge in [0.1, 0.15) is 0 Å². The fourth-order valence-corrected chi connectivity index (χ4v) is 2.88. The Balaban J connectivity index is 2.21. The molecular weight excluding hydrogens is 290 g/mol. The second-order valence-electron chi connectivity index (χ2n) is 6.02. The fourth-order valence-electron chi connectivity index (χ4n) is 2.88. The number of aromatic nitrogens is 1. The number of nitrogens with zero attached hydrogens (tertiary/aromatic N) is 2. The van der Waals surface area contributed by atoms with Crippen molar-refractivity contribution in [1.82, 2.24) is 9.47 Å². The number of nitrogen functional groups attached to an aromatic ring is 1. The number of aliphatic hydroxyl groups excluding tert-OH is 1. The van der Waals surface area contributed by atoms with Gasteiger partial charge in [0.2, 0.25) is 0 Å². The molecule has 1 aromatic heterocycles. The highest BCUT2D eigenvalue weighted by atomic mass is 16.5. The van der Waals surface area contributed by atoms with E-state index in [9.17, 15) is 5.11 Å². The van der Waals surface area contributed by atoms with Crippen LogP contribution in [0.1, 0.15) is 23.1 Å². The number of anilines is 1. The highest BCUT2D eigenvalue weighted by Gasteiger charge is 2.18. The van der Waals surface area contributed by atoms with Gasteiger partial charge in [0.25, 0.3) is 0 Å². The maximum Gasteiger partial charge on any atom is 0.0934 e. The van der Waals surface area contributed by atoms with Gasteiger partial charge >= 0.3 is 0 Å². The van der Waals surface area contributed by atoms with E-state index in [0.717, 1.165) is 34.9 Å². The monoisotopic (exact) mass is 317 g/mol. The van der Waals surface area contributed by atoms with Gasteiger partial charge in [0.05, 0.1) is 12.7 Å². The lowest BCUT2D eigenvalue weighted by atomic mass is 10.1. The average molecular weight is 317 g/mol. The van der Waals surface area contributed by atoms with Gasteiger partial charge in [0.15, 0.2) is 0 Å². The third kappa shape index (κ3) is 4.13. The topological polar surface area (TPSA) is 63.7 Å². The van der Waals surface area contributed by atoms with Gasteiger partial charge in [0, 0.05) is 48.5 Å². The standard InChI is InChI=1S/C18H27N3O2/c1-13-11-17(18(22)12-20(3)9-10-23-4)14(2)21(13)16-7-5-15(19)6-8-16/h5-8,11,18,22H,9-10,12,19H2,1-4H3. The Kier molecular flexibility index (Phi) is 5.82. The van der Waals surface area contributed by atoms with E-state index < -0.39 is 6.10 Å². The molecule has 1 aromatic carbocycles. The Morgan fingerprint density at radius 3 is 2.52 bits per heavy atom. The molecule has 1 heterocycles. The van der Waals surface area contributed by atoms with Gasteiger partial charge in [-0.3, -0.25) is 0 Å². The summed E-state index contributed by atoms with van der Waals surface area (Å²) in [6.45, 7) is 6.12. The van der Waals surface area contributed by atoms with E-state index >= 15 is 0 Å². The molecule has 0 aliphatic rings.